The average molecular weight is 222 g/mol. The molecule has 3 nitrogen and oxygen atoms in total. The number of likely N-dealkylation sites (N-methyl/N-ethyl adjacent to an activating group) is 1. The van der Waals surface area contributed by atoms with Gasteiger partial charge in [0.1, 0.15) is 5.75 Å². The molecule has 1 rings (SSSR count). The summed E-state index contributed by atoms with van der Waals surface area (Å²) in [7, 11) is 5.77. The highest BCUT2D eigenvalue weighted by Gasteiger charge is 2.09. The summed E-state index contributed by atoms with van der Waals surface area (Å²) in [5, 5.41) is 0. The van der Waals surface area contributed by atoms with Gasteiger partial charge in [-0.1, -0.05) is 19.1 Å². The summed E-state index contributed by atoms with van der Waals surface area (Å²) in [6, 6.07) is 6.26. The van der Waals surface area contributed by atoms with Crippen LogP contribution < -0.4 is 10.5 Å². The fourth-order valence-electron chi connectivity index (χ4n) is 1.80. The van der Waals surface area contributed by atoms with Crippen LogP contribution in [0.4, 0.5) is 0 Å². The molecule has 0 radical (unpaired) electrons. The van der Waals surface area contributed by atoms with Crippen LogP contribution in [0.3, 0.4) is 0 Å². The Bertz CT molecular complexity index is 337. The highest BCUT2D eigenvalue weighted by molar-refractivity contribution is 5.38. The summed E-state index contributed by atoms with van der Waals surface area (Å²) in [5.74, 6) is 0.948. The fourth-order valence-corrected chi connectivity index (χ4v) is 1.80. The van der Waals surface area contributed by atoms with Crippen molar-refractivity contribution in [2.45, 2.75) is 19.4 Å². The number of rotatable bonds is 5. The summed E-state index contributed by atoms with van der Waals surface area (Å²) < 4.78 is 5.30. The molecule has 16 heavy (non-hydrogen) atoms. The van der Waals surface area contributed by atoms with Gasteiger partial charge in [-0.2, -0.15) is 0 Å². The Balaban J connectivity index is 2.89. The Labute approximate surface area is 98.2 Å². The lowest BCUT2D eigenvalue weighted by Gasteiger charge is -2.18. The largest absolute Gasteiger partial charge is 0.496 e. The maximum absolute atomic E-state index is 6.13. The Hall–Kier alpha value is -1.06. The molecule has 0 aliphatic rings. The second-order valence-corrected chi connectivity index (χ2v) is 4.29. The third-order valence-electron chi connectivity index (χ3n) is 2.68. The molecule has 0 fully saturated rings. The van der Waals surface area contributed by atoms with Crippen LogP contribution in [0.25, 0.3) is 0 Å². The van der Waals surface area contributed by atoms with Crippen molar-refractivity contribution in [2.75, 3.05) is 27.7 Å². The van der Waals surface area contributed by atoms with Gasteiger partial charge in [-0.15, -0.1) is 0 Å². The quantitative estimate of drug-likeness (QED) is 0.826. The number of benzene rings is 1. The Morgan fingerprint density at radius 2 is 2.06 bits per heavy atom. The summed E-state index contributed by atoms with van der Waals surface area (Å²) in [6.07, 6.45) is 0.964. The minimum Gasteiger partial charge on any atom is -0.496 e. The van der Waals surface area contributed by atoms with Crippen molar-refractivity contribution in [3.05, 3.63) is 29.3 Å². The van der Waals surface area contributed by atoms with Gasteiger partial charge in [-0.05, 0) is 37.7 Å². The number of nitrogens with zero attached hydrogens (tertiary/aromatic N) is 1. The molecule has 90 valence electrons. The molecule has 1 aromatic rings. The molecule has 2 N–H and O–H groups in total. The van der Waals surface area contributed by atoms with E-state index in [1.807, 2.05) is 26.2 Å². The topological polar surface area (TPSA) is 38.5 Å². The van der Waals surface area contributed by atoms with Crippen molar-refractivity contribution in [3.63, 3.8) is 0 Å². The van der Waals surface area contributed by atoms with E-state index in [-0.39, 0.29) is 6.04 Å². The number of hydrogen-bond donors (Lipinski definition) is 1. The lowest BCUT2D eigenvalue weighted by atomic mass is 10.0. The number of ether oxygens (including phenoxy) is 1. The summed E-state index contributed by atoms with van der Waals surface area (Å²) in [5.41, 5.74) is 8.52. The van der Waals surface area contributed by atoms with Gasteiger partial charge in [0.2, 0.25) is 0 Å². The fraction of sp³-hybridized carbons (Fsp3) is 0.538. The van der Waals surface area contributed by atoms with E-state index in [4.69, 9.17) is 10.5 Å². The molecule has 1 atom stereocenters. The Morgan fingerprint density at radius 1 is 1.38 bits per heavy atom. The van der Waals surface area contributed by atoms with Crippen LogP contribution in [-0.2, 0) is 6.42 Å². The first-order valence-electron chi connectivity index (χ1n) is 5.65. The molecule has 1 unspecified atom stereocenters. The molecule has 0 heterocycles. The van der Waals surface area contributed by atoms with E-state index in [0.29, 0.717) is 0 Å². The SMILES string of the molecule is CCc1cc(C(N)CN(C)C)ccc1OC. The molecular formula is C13H22N2O. The van der Waals surface area contributed by atoms with E-state index in [9.17, 15) is 0 Å². The highest BCUT2D eigenvalue weighted by atomic mass is 16.5. The van der Waals surface area contributed by atoms with Crippen molar-refractivity contribution in [2.24, 2.45) is 5.73 Å². The van der Waals surface area contributed by atoms with Gasteiger partial charge in [0, 0.05) is 12.6 Å². The lowest BCUT2D eigenvalue weighted by Crippen LogP contribution is -2.26. The van der Waals surface area contributed by atoms with Crippen molar-refractivity contribution >= 4 is 0 Å². The highest BCUT2D eigenvalue weighted by Crippen LogP contribution is 2.23. The average Bonchev–Trinajstić information content (AvgIpc) is 2.27. The van der Waals surface area contributed by atoms with Crippen LogP contribution in [-0.4, -0.2) is 32.6 Å². The first-order chi connectivity index (χ1) is 7.58. The standard InChI is InChI=1S/C13H22N2O/c1-5-10-8-11(6-7-13(10)16-4)12(14)9-15(2)3/h6-8,12H,5,9,14H2,1-4H3. The van der Waals surface area contributed by atoms with E-state index in [1.54, 1.807) is 7.11 Å². The van der Waals surface area contributed by atoms with Crippen LogP contribution in [0.2, 0.25) is 0 Å². The first-order valence-corrected chi connectivity index (χ1v) is 5.65. The van der Waals surface area contributed by atoms with Gasteiger partial charge in [0.15, 0.2) is 0 Å². The van der Waals surface area contributed by atoms with Gasteiger partial charge < -0.3 is 15.4 Å². The second kappa shape index (κ2) is 5.87. The second-order valence-electron chi connectivity index (χ2n) is 4.29. The van der Waals surface area contributed by atoms with Crippen LogP contribution in [0.1, 0.15) is 24.1 Å². The third kappa shape index (κ3) is 3.22. The minimum absolute atomic E-state index is 0.0613. The Kier molecular flexibility index (Phi) is 4.77. The van der Waals surface area contributed by atoms with E-state index in [0.717, 1.165) is 18.7 Å². The van der Waals surface area contributed by atoms with E-state index in [1.165, 1.54) is 11.1 Å². The summed E-state index contributed by atoms with van der Waals surface area (Å²) in [4.78, 5) is 2.10. The van der Waals surface area contributed by atoms with Crippen LogP contribution >= 0.6 is 0 Å². The number of hydrogen-bond acceptors (Lipinski definition) is 3. The summed E-state index contributed by atoms with van der Waals surface area (Å²) in [6.45, 7) is 2.98. The first kappa shape index (κ1) is 13.0. The van der Waals surface area contributed by atoms with Crippen molar-refractivity contribution < 1.29 is 4.74 Å². The minimum atomic E-state index is 0.0613. The van der Waals surface area contributed by atoms with Crippen molar-refractivity contribution in [1.29, 1.82) is 0 Å². The van der Waals surface area contributed by atoms with Gasteiger partial charge in [0.05, 0.1) is 7.11 Å². The van der Waals surface area contributed by atoms with E-state index < -0.39 is 0 Å². The molecule has 0 amide bonds. The zero-order valence-corrected chi connectivity index (χ0v) is 10.7. The Morgan fingerprint density at radius 3 is 2.56 bits per heavy atom. The van der Waals surface area contributed by atoms with Gasteiger partial charge in [0.25, 0.3) is 0 Å². The van der Waals surface area contributed by atoms with Crippen LogP contribution in [0.15, 0.2) is 18.2 Å². The molecule has 0 bridgehead atoms. The predicted molar refractivity (Wildman–Crippen MR) is 67.9 cm³/mol. The zero-order chi connectivity index (χ0) is 12.1. The van der Waals surface area contributed by atoms with Gasteiger partial charge >= 0.3 is 0 Å². The molecule has 3 heteroatoms. The molecule has 0 spiro atoms. The molecular weight excluding hydrogens is 200 g/mol. The molecule has 0 saturated heterocycles. The van der Waals surface area contributed by atoms with Crippen molar-refractivity contribution in [3.8, 4) is 5.75 Å². The lowest BCUT2D eigenvalue weighted by molar-refractivity contribution is 0.376. The zero-order valence-electron chi connectivity index (χ0n) is 10.7. The molecule has 0 saturated carbocycles. The monoisotopic (exact) mass is 222 g/mol. The normalized spacial score (nSPS) is 12.9. The number of aryl methyl sites for hydroxylation is 1. The third-order valence-corrected chi connectivity index (χ3v) is 2.68. The molecule has 1 aromatic carbocycles. The smallest absolute Gasteiger partial charge is 0.122 e. The van der Waals surface area contributed by atoms with E-state index >= 15 is 0 Å². The molecule has 0 aliphatic carbocycles. The predicted octanol–water partition coefficient (Wildman–Crippen LogP) is 1.82. The number of nitrogens with two attached hydrogens (primary N) is 1. The van der Waals surface area contributed by atoms with Crippen LogP contribution in [0.5, 0.6) is 5.75 Å². The van der Waals surface area contributed by atoms with E-state index in [2.05, 4.69) is 17.9 Å². The van der Waals surface area contributed by atoms with Gasteiger partial charge in [-0.3, -0.25) is 0 Å². The summed E-state index contributed by atoms with van der Waals surface area (Å²) >= 11 is 0. The van der Waals surface area contributed by atoms with Crippen LogP contribution in [0, 0.1) is 0 Å². The molecule has 0 aliphatic heterocycles. The maximum atomic E-state index is 6.13. The van der Waals surface area contributed by atoms with Crippen molar-refractivity contribution in [1.82, 2.24) is 4.90 Å². The van der Waals surface area contributed by atoms with Gasteiger partial charge in [-0.25, -0.2) is 0 Å². The number of methoxy groups -OCH3 is 1. The molecule has 0 aromatic heterocycles. The maximum Gasteiger partial charge on any atom is 0.122 e.